The maximum Gasteiger partial charge on any atom is 0.264 e. The predicted octanol–water partition coefficient (Wildman–Crippen LogP) is 2.32. The first-order valence-electron chi connectivity index (χ1n) is 13.0. The molecular weight excluding hydrogens is 565 g/mol. The molecule has 4 rings (SSSR count). The first-order valence-corrected chi connectivity index (χ1v) is 17.4. The first-order chi connectivity index (χ1) is 19.1. The van der Waals surface area contributed by atoms with Crippen molar-refractivity contribution in [2.24, 2.45) is 10.9 Å². The van der Waals surface area contributed by atoms with Crippen molar-refractivity contribution >= 4 is 57.4 Å². The summed E-state index contributed by atoms with van der Waals surface area (Å²) in [6.07, 6.45) is 1.68. The molecule has 0 saturated heterocycles. The van der Waals surface area contributed by atoms with Gasteiger partial charge in [0.1, 0.15) is 10.7 Å². The SMILES string of the molecule is CC(C)(C[C@H](CCO)C(=O)Nc1ccc(S(=O)(=O)NC2=NCCS2)cn1)[Si](O)(c1ccccc1)c1ccccc1. The second kappa shape index (κ2) is 12.6. The Labute approximate surface area is 240 Å². The minimum Gasteiger partial charge on any atom is -0.424 e. The first kappa shape index (κ1) is 29.9. The molecule has 40 heavy (non-hydrogen) atoms. The van der Waals surface area contributed by atoms with Crippen molar-refractivity contribution in [1.29, 1.82) is 0 Å². The van der Waals surface area contributed by atoms with E-state index in [1.165, 1.54) is 30.1 Å². The molecule has 0 fully saturated rings. The van der Waals surface area contributed by atoms with E-state index < -0.39 is 29.3 Å². The standard InChI is InChI=1S/C28H34N4O5S2Si/c1-28(2,40(37,23-9-5-3-6-10-23)24-11-7-4-8-12-24)19-21(15-17-33)26(34)31-25-14-13-22(20-30-25)39(35,36)32-27-29-16-18-38-27/h3-14,20-21,33,37H,15-19H2,1-2H3,(H,29,32)(H,30,31,34)/t21-/m0/s1. The summed E-state index contributed by atoms with van der Waals surface area (Å²) in [5.41, 5.74) is 0. The van der Waals surface area contributed by atoms with Crippen molar-refractivity contribution in [3.05, 3.63) is 79.0 Å². The Morgan fingerprint density at radius 2 is 1.68 bits per heavy atom. The number of aliphatic hydroxyl groups is 1. The fourth-order valence-electron chi connectivity index (χ4n) is 4.96. The molecule has 12 heteroatoms. The lowest BCUT2D eigenvalue weighted by atomic mass is 9.92. The summed E-state index contributed by atoms with van der Waals surface area (Å²) in [6, 6.07) is 21.9. The van der Waals surface area contributed by atoms with Crippen molar-refractivity contribution in [2.45, 2.75) is 36.6 Å². The molecule has 4 N–H and O–H groups in total. The number of pyridine rings is 1. The van der Waals surface area contributed by atoms with Gasteiger partial charge in [-0.3, -0.25) is 14.5 Å². The van der Waals surface area contributed by atoms with E-state index in [2.05, 4.69) is 20.0 Å². The number of carbonyl (C=O) groups is 1. The molecule has 9 nitrogen and oxygen atoms in total. The van der Waals surface area contributed by atoms with Crippen LogP contribution in [0.25, 0.3) is 0 Å². The smallest absolute Gasteiger partial charge is 0.264 e. The molecule has 1 atom stereocenters. The average Bonchev–Trinajstić information content (AvgIpc) is 3.46. The number of aliphatic hydroxyl groups excluding tert-OH is 1. The minimum absolute atomic E-state index is 0.0458. The van der Waals surface area contributed by atoms with E-state index in [-0.39, 0.29) is 29.6 Å². The molecule has 2 aromatic carbocycles. The van der Waals surface area contributed by atoms with Crippen molar-refractivity contribution in [1.82, 2.24) is 9.71 Å². The van der Waals surface area contributed by atoms with Crippen LogP contribution in [0.4, 0.5) is 5.82 Å². The van der Waals surface area contributed by atoms with E-state index in [4.69, 9.17) is 0 Å². The number of amidine groups is 1. The second-order valence-corrected chi connectivity index (χ2v) is 16.9. The van der Waals surface area contributed by atoms with Crippen LogP contribution in [0.1, 0.15) is 26.7 Å². The third-order valence-corrected chi connectivity index (χ3v) is 13.9. The predicted molar refractivity (Wildman–Crippen MR) is 162 cm³/mol. The summed E-state index contributed by atoms with van der Waals surface area (Å²) < 4.78 is 27.7. The number of thioether (sulfide) groups is 1. The summed E-state index contributed by atoms with van der Waals surface area (Å²) in [4.78, 5) is 34.1. The van der Waals surface area contributed by atoms with Crippen LogP contribution in [-0.2, 0) is 14.8 Å². The van der Waals surface area contributed by atoms with E-state index in [9.17, 15) is 23.1 Å². The molecule has 0 bridgehead atoms. The normalized spacial score (nSPS) is 14.8. The molecule has 1 amide bonds. The van der Waals surface area contributed by atoms with Gasteiger partial charge in [-0.05, 0) is 40.4 Å². The molecule has 0 spiro atoms. The fraction of sp³-hybridized carbons (Fsp3) is 0.321. The number of aliphatic imine (C=N–C) groups is 1. The number of benzene rings is 2. The van der Waals surface area contributed by atoms with E-state index in [1.807, 2.05) is 74.5 Å². The number of rotatable bonds is 11. The van der Waals surface area contributed by atoms with Crippen LogP contribution < -0.4 is 20.4 Å². The van der Waals surface area contributed by atoms with Gasteiger partial charge in [0.2, 0.25) is 5.91 Å². The monoisotopic (exact) mass is 598 g/mol. The highest BCUT2D eigenvalue weighted by Crippen LogP contribution is 2.42. The molecule has 212 valence electrons. The Kier molecular flexibility index (Phi) is 9.47. The zero-order chi connectivity index (χ0) is 28.8. The van der Waals surface area contributed by atoms with Crippen LogP contribution in [0.2, 0.25) is 5.04 Å². The van der Waals surface area contributed by atoms with Crippen molar-refractivity contribution in [2.75, 3.05) is 24.2 Å². The second-order valence-electron chi connectivity index (χ2n) is 10.2. The number of amides is 1. The van der Waals surface area contributed by atoms with Crippen LogP contribution >= 0.6 is 11.8 Å². The van der Waals surface area contributed by atoms with Gasteiger partial charge in [0, 0.05) is 24.5 Å². The number of hydrogen-bond donors (Lipinski definition) is 4. The van der Waals surface area contributed by atoms with Crippen LogP contribution in [0.3, 0.4) is 0 Å². The molecule has 1 aliphatic rings. The number of anilines is 1. The van der Waals surface area contributed by atoms with Gasteiger partial charge < -0.3 is 15.2 Å². The molecular formula is C28H34N4O5S2Si. The van der Waals surface area contributed by atoms with Crippen LogP contribution in [0.5, 0.6) is 0 Å². The lowest BCUT2D eigenvalue weighted by molar-refractivity contribution is -0.120. The highest BCUT2D eigenvalue weighted by atomic mass is 32.2. The van der Waals surface area contributed by atoms with Gasteiger partial charge in [0.25, 0.3) is 18.3 Å². The lowest BCUT2D eigenvalue weighted by Gasteiger charge is -2.42. The van der Waals surface area contributed by atoms with E-state index in [0.717, 1.165) is 16.1 Å². The Balaban J connectivity index is 1.54. The maximum atomic E-state index is 13.4. The van der Waals surface area contributed by atoms with Crippen LogP contribution in [0, 0.1) is 5.92 Å². The van der Waals surface area contributed by atoms with Gasteiger partial charge in [0.15, 0.2) is 5.17 Å². The number of nitrogens with zero attached hydrogens (tertiary/aromatic N) is 2. The summed E-state index contributed by atoms with van der Waals surface area (Å²) in [6.45, 7) is 4.29. The third-order valence-electron chi connectivity index (χ3n) is 7.07. The largest absolute Gasteiger partial charge is 0.424 e. The summed E-state index contributed by atoms with van der Waals surface area (Å²) in [5, 5.41) is 13.9. The van der Waals surface area contributed by atoms with Crippen LogP contribution in [-0.4, -0.2) is 61.6 Å². The molecule has 1 aromatic heterocycles. The number of carbonyl (C=O) groups excluding carboxylic acids is 1. The Bertz CT molecular complexity index is 1400. The van der Waals surface area contributed by atoms with Gasteiger partial charge in [-0.2, -0.15) is 0 Å². The van der Waals surface area contributed by atoms with Crippen molar-refractivity contribution in [3.8, 4) is 0 Å². The van der Waals surface area contributed by atoms with Crippen molar-refractivity contribution in [3.63, 3.8) is 0 Å². The number of sulfonamides is 1. The highest BCUT2D eigenvalue weighted by Gasteiger charge is 2.51. The van der Waals surface area contributed by atoms with Gasteiger partial charge >= 0.3 is 0 Å². The zero-order valence-corrected chi connectivity index (χ0v) is 25.1. The van der Waals surface area contributed by atoms with E-state index in [0.29, 0.717) is 18.1 Å². The maximum absolute atomic E-state index is 13.4. The molecule has 0 saturated carbocycles. The van der Waals surface area contributed by atoms with Crippen LogP contribution in [0.15, 0.2) is 88.9 Å². The summed E-state index contributed by atoms with van der Waals surface area (Å²) in [7, 11) is -7.21. The molecule has 0 unspecified atom stereocenters. The zero-order valence-electron chi connectivity index (χ0n) is 22.4. The molecule has 2 heterocycles. The molecule has 3 aromatic rings. The minimum atomic E-state index is -3.84. The molecule has 0 aliphatic carbocycles. The van der Waals surface area contributed by atoms with Gasteiger partial charge in [0.05, 0.1) is 6.54 Å². The Morgan fingerprint density at radius 3 is 2.17 bits per heavy atom. The average molecular weight is 599 g/mol. The van der Waals surface area contributed by atoms with Crippen molar-refractivity contribution < 1.29 is 23.1 Å². The molecule has 1 aliphatic heterocycles. The third kappa shape index (κ3) is 6.64. The van der Waals surface area contributed by atoms with E-state index in [1.54, 1.807) is 0 Å². The van der Waals surface area contributed by atoms with Gasteiger partial charge in [-0.25, -0.2) is 13.4 Å². The summed E-state index contributed by atoms with van der Waals surface area (Å²) in [5.74, 6) is -0.0760. The fourth-order valence-corrected chi connectivity index (χ4v) is 10.7. The number of nitrogens with one attached hydrogen (secondary N) is 2. The Hall–Kier alpha value is -3.03. The number of hydrogen-bond acceptors (Lipinski definition) is 8. The van der Waals surface area contributed by atoms with Gasteiger partial charge in [-0.1, -0.05) is 86.3 Å². The lowest BCUT2D eigenvalue weighted by Crippen LogP contribution is -2.65. The summed E-state index contributed by atoms with van der Waals surface area (Å²) >= 11 is 1.33. The van der Waals surface area contributed by atoms with E-state index >= 15 is 0 Å². The topological polar surface area (TPSA) is 141 Å². The quantitative estimate of drug-likeness (QED) is 0.248. The molecule has 0 radical (unpaired) electrons. The number of aromatic nitrogens is 1. The Morgan fingerprint density at radius 1 is 1.05 bits per heavy atom. The van der Waals surface area contributed by atoms with Gasteiger partial charge in [-0.15, -0.1) is 0 Å². The highest BCUT2D eigenvalue weighted by molar-refractivity contribution is 8.15.